The molecule has 0 aliphatic heterocycles. The number of aliphatic hydroxyl groups is 2. The molecular weight excluding hydrogens is 528 g/mol. The lowest BCUT2D eigenvalue weighted by Gasteiger charge is -2.10. The number of hydrogen-bond acceptors (Lipinski definition) is 4. The Morgan fingerprint density at radius 3 is 1.26 bits per heavy atom. The summed E-state index contributed by atoms with van der Waals surface area (Å²) >= 11 is 0. The summed E-state index contributed by atoms with van der Waals surface area (Å²) < 4.78 is 0. The highest BCUT2D eigenvalue weighted by Crippen LogP contribution is 2.14. The first-order valence-electron chi connectivity index (χ1n) is 17.8. The van der Waals surface area contributed by atoms with E-state index in [2.05, 4.69) is 26.0 Å². The predicted molar refractivity (Wildman–Crippen MR) is 177 cm³/mol. The molecule has 0 amide bonds. The third-order valence-corrected chi connectivity index (χ3v) is 7.80. The molecule has 0 aromatic rings. The minimum Gasteiger partial charge on any atom is -0.481 e. The van der Waals surface area contributed by atoms with Crippen LogP contribution >= 0.6 is 0 Å². The van der Waals surface area contributed by atoms with E-state index in [0.29, 0.717) is 12.8 Å². The Bertz CT molecular complexity index is 591. The number of hydrogen-bond donors (Lipinski definition) is 4. The van der Waals surface area contributed by atoms with E-state index in [9.17, 15) is 19.8 Å². The third-order valence-electron chi connectivity index (χ3n) is 7.80. The maximum absolute atomic E-state index is 10.3. The van der Waals surface area contributed by atoms with E-state index in [0.717, 1.165) is 89.9 Å². The van der Waals surface area contributed by atoms with Crippen molar-refractivity contribution in [3.8, 4) is 0 Å². The van der Waals surface area contributed by atoms with Crippen LogP contribution in [-0.2, 0) is 9.59 Å². The fourth-order valence-corrected chi connectivity index (χ4v) is 5.03. The number of carboxylic acid groups (broad SMARTS) is 2. The Morgan fingerprint density at radius 1 is 0.476 bits per heavy atom. The first kappa shape index (κ1) is 42.7. The molecule has 0 rings (SSSR count). The summed E-state index contributed by atoms with van der Waals surface area (Å²) in [6, 6.07) is 0. The molecule has 2 atom stereocenters. The first-order chi connectivity index (χ1) is 20.3. The second-order valence-corrected chi connectivity index (χ2v) is 12.2. The van der Waals surface area contributed by atoms with Gasteiger partial charge in [0, 0.05) is 12.8 Å². The van der Waals surface area contributed by atoms with Crippen LogP contribution in [0.25, 0.3) is 0 Å². The Morgan fingerprint density at radius 2 is 0.833 bits per heavy atom. The molecule has 1 unspecified atom stereocenters. The van der Waals surface area contributed by atoms with E-state index < -0.39 is 11.9 Å². The van der Waals surface area contributed by atoms with E-state index in [-0.39, 0.29) is 12.2 Å². The van der Waals surface area contributed by atoms with Crippen molar-refractivity contribution in [3.05, 3.63) is 12.2 Å². The number of aliphatic carboxylic acids is 2. The lowest BCUT2D eigenvalue weighted by Crippen LogP contribution is -2.05. The Balaban J connectivity index is 0. The zero-order valence-electron chi connectivity index (χ0n) is 27.7. The van der Waals surface area contributed by atoms with Gasteiger partial charge < -0.3 is 20.4 Å². The van der Waals surface area contributed by atoms with Gasteiger partial charge in [0.15, 0.2) is 0 Å². The predicted octanol–water partition coefficient (Wildman–Crippen LogP) is 10.4. The van der Waals surface area contributed by atoms with E-state index in [4.69, 9.17) is 10.2 Å². The normalized spacial score (nSPS) is 12.7. The molecule has 0 heterocycles. The zero-order chi connectivity index (χ0) is 31.5. The van der Waals surface area contributed by atoms with Crippen molar-refractivity contribution in [1.29, 1.82) is 0 Å². The minimum atomic E-state index is -0.689. The maximum atomic E-state index is 10.3. The number of rotatable bonds is 31. The van der Waals surface area contributed by atoms with Crippen molar-refractivity contribution in [1.82, 2.24) is 0 Å². The Labute approximate surface area is 259 Å². The first-order valence-corrected chi connectivity index (χ1v) is 17.8. The van der Waals surface area contributed by atoms with Crippen molar-refractivity contribution in [2.24, 2.45) is 0 Å². The Hall–Kier alpha value is -1.40. The van der Waals surface area contributed by atoms with Gasteiger partial charge in [-0.05, 0) is 51.4 Å². The van der Waals surface area contributed by atoms with Gasteiger partial charge >= 0.3 is 11.9 Å². The fourth-order valence-electron chi connectivity index (χ4n) is 5.03. The monoisotopic (exact) mass is 599 g/mol. The van der Waals surface area contributed by atoms with Gasteiger partial charge in [-0.1, -0.05) is 142 Å². The van der Waals surface area contributed by atoms with Gasteiger partial charge in [0.2, 0.25) is 0 Å². The summed E-state index contributed by atoms with van der Waals surface area (Å²) in [5, 5.41) is 36.7. The average Bonchev–Trinajstić information content (AvgIpc) is 2.95. The molecule has 0 fully saturated rings. The number of aliphatic hydroxyl groups excluding tert-OH is 2. The van der Waals surface area contributed by atoms with Crippen LogP contribution < -0.4 is 0 Å². The SMILES string of the molecule is CCCCCCC(O)CCCCCCCCCCC(=O)O.CCCCCC[C@@H](O)C/C=C\CCCCCCCC(=O)O. The second-order valence-electron chi connectivity index (χ2n) is 12.2. The summed E-state index contributed by atoms with van der Waals surface area (Å²) in [7, 11) is 0. The van der Waals surface area contributed by atoms with Crippen molar-refractivity contribution >= 4 is 11.9 Å². The molecule has 42 heavy (non-hydrogen) atoms. The fraction of sp³-hybridized carbons (Fsp3) is 0.889. The second kappa shape index (κ2) is 35.8. The van der Waals surface area contributed by atoms with Gasteiger partial charge in [-0.3, -0.25) is 9.59 Å². The molecule has 4 N–H and O–H groups in total. The van der Waals surface area contributed by atoms with Gasteiger partial charge in [-0.25, -0.2) is 0 Å². The summed E-state index contributed by atoms with van der Waals surface area (Å²) in [6.07, 6.45) is 33.6. The summed E-state index contributed by atoms with van der Waals surface area (Å²) in [4.78, 5) is 20.7. The van der Waals surface area contributed by atoms with Crippen LogP contribution in [0.4, 0.5) is 0 Å². The van der Waals surface area contributed by atoms with Gasteiger partial charge in [0.25, 0.3) is 0 Å². The van der Waals surface area contributed by atoms with Crippen LogP contribution in [0.1, 0.15) is 194 Å². The third kappa shape index (κ3) is 40.7. The lowest BCUT2D eigenvalue weighted by atomic mass is 10.0. The summed E-state index contributed by atoms with van der Waals surface area (Å²) in [6.45, 7) is 4.41. The summed E-state index contributed by atoms with van der Waals surface area (Å²) in [5.41, 5.74) is 0. The molecule has 0 aliphatic carbocycles. The highest BCUT2D eigenvalue weighted by atomic mass is 16.4. The topological polar surface area (TPSA) is 115 Å². The number of unbranched alkanes of at least 4 members (excludes halogenated alkanes) is 18. The zero-order valence-corrected chi connectivity index (χ0v) is 27.7. The van der Waals surface area contributed by atoms with Crippen molar-refractivity contribution in [2.75, 3.05) is 0 Å². The molecule has 0 spiro atoms. The lowest BCUT2D eigenvalue weighted by molar-refractivity contribution is -0.138. The van der Waals surface area contributed by atoms with E-state index in [1.54, 1.807) is 0 Å². The van der Waals surface area contributed by atoms with Gasteiger partial charge in [0.05, 0.1) is 12.2 Å². The van der Waals surface area contributed by atoms with Crippen molar-refractivity contribution in [3.63, 3.8) is 0 Å². The minimum absolute atomic E-state index is 0.0853. The smallest absolute Gasteiger partial charge is 0.303 e. The standard InChI is InChI=1S/C18H36O3.C18H34O3/c2*1-2-3-4-11-14-17(19)15-12-9-7-5-6-8-10-13-16-18(20)21/h17,19H,2-16H2,1H3,(H,20,21);9,12,17,19H,2-8,10-11,13-16H2,1H3,(H,20,21)/b;12-9-/t;17-/m.1/s1. The number of carboxylic acids is 2. The molecule has 6 heteroatoms. The molecule has 0 aliphatic rings. The summed E-state index contributed by atoms with van der Waals surface area (Å²) in [5.74, 6) is -1.37. The quantitative estimate of drug-likeness (QED) is 0.0466. The van der Waals surface area contributed by atoms with Gasteiger partial charge in [-0.2, -0.15) is 0 Å². The van der Waals surface area contributed by atoms with E-state index in [1.807, 2.05) is 0 Å². The van der Waals surface area contributed by atoms with Gasteiger partial charge in [-0.15, -0.1) is 0 Å². The maximum Gasteiger partial charge on any atom is 0.303 e. The molecule has 0 bridgehead atoms. The molecule has 0 radical (unpaired) electrons. The molecule has 0 saturated carbocycles. The van der Waals surface area contributed by atoms with Crippen molar-refractivity contribution in [2.45, 2.75) is 206 Å². The van der Waals surface area contributed by atoms with Crippen molar-refractivity contribution < 1.29 is 30.0 Å². The van der Waals surface area contributed by atoms with E-state index in [1.165, 1.54) is 77.0 Å². The van der Waals surface area contributed by atoms with Crippen LogP contribution in [0.2, 0.25) is 0 Å². The Kier molecular flexibility index (Phi) is 36.4. The molecule has 6 nitrogen and oxygen atoms in total. The molecule has 0 saturated heterocycles. The van der Waals surface area contributed by atoms with Gasteiger partial charge in [0.1, 0.15) is 0 Å². The highest BCUT2D eigenvalue weighted by molar-refractivity contribution is 5.66. The molecule has 250 valence electrons. The van der Waals surface area contributed by atoms with Crippen LogP contribution in [0.5, 0.6) is 0 Å². The number of carbonyl (C=O) groups is 2. The van der Waals surface area contributed by atoms with Crippen LogP contribution in [-0.4, -0.2) is 44.6 Å². The number of allylic oxidation sites excluding steroid dienone is 1. The molecular formula is C36H70O6. The highest BCUT2D eigenvalue weighted by Gasteiger charge is 2.04. The molecule has 0 aromatic heterocycles. The average molecular weight is 599 g/mol. The molecule has 0 aromatic carbocycles. The van der Waals surface area contributed by atoms with Crippen LogP contribution in [0.15, 0.2) is 12.2 Å². The largest absolute Gasteiger partial charge is 0.481 e. The van der Waals surface area contributed by atoms with Crippen LogP contribution in [0.3, 0.4) is 0 Å². The van der Waals surface area contributed by atoms with Crippen LogP contribution in [0, 0.1) is 0 Å². The van der Waals surface area contributed by atoms with E-state index >= 15 is 0 Å².